The number of hydrogen-bond acceptors (Lipinski definition) is 0. The van der Waals surface area contributed by atoms with E-state index in [0.717, 1.165) is 18.4 Å². The van der Waals surface area contributed by atoms with E-state index in [0.29, 0.717) is 5.56 Å². The largest absolute Gasteiger partial charge is 0.204 e. The molecule has 0 atom stereocenters. The third kappa shape index (κ3) is 3.44. The lowest BCUT2D eigenvalue weighted by Gasteiger charge is -2.02. The van der Waals surface area contributed by atoms with E-state index in [-0.39, 0.29) is 0 Å². The SMILES string of the molecule is CCCCC/C=C/c1c(C)ccc(F)c1F. The molecular weight excluding hydrogens is 206 g/mol. The van der Waals surface area contributed by atoms with E-state index in [1.165, 1.54) is 18.9 Å². The van der Waals surface area contributed by atoms with E-state index in [4.69, 9.17) is 0 Å². The number of unbranched alkanes of at least 4 members (excludes halogenated alkanes) is 3. The molecule has 0 saturated heterocycles. The van der Waals surface area contributed by atoms with Crippen LogP contribution in [0.2, 0.25) is 0 Å². The molecule has 1 aromatic rings. The third-order valence-corrected chi connectivity index (χ3v) is 2.61. The van der Waals surface area contributed by atoms with E-state index in [2.05, 4.69) is 6.92 Å². The molecule has 0 amide bonds. The summed E-state index contributed by atoms with van der Waals surface area (Å²) in [5.41, 5.74) is 1.14. The summed E-state index contributed by atoms with van der Waals surface area (Å²) in [6.07, 6.45) is 7.96. The molecule has 0 aliphatic carbocycles. The molecule has 0 spiro atoms. The van der Waals surface area contributed by atoms with Crippen LogP contribution in [0.5, 0.6) is 0 Å². The summed E-state index contributed by atoms with van der Waals surface area (Å²) in [4.78, 5) is 0. The van der Waals surface area contributed by atoms with Crippen molar-refractivity contribution >= 4 is 6.08 Å². The van der Waals surface area contributed by atoms with E-state index >= 15 is 0 Å². The van der Waals surface area contributed by atoms with Gasteiger partial charge in [-0.15, -0.1) is 0 Å². The molecule has 0 nitrogen and oxygen atoms in total. The summed E-state index contributed by atoms with van der Waals surface area (Å²) < 4.78 is 26.4. The standard InChI is InChI=1S/C14H18F2/c1-3-4-5-6-7-8-12-11(2)9-10-13(15)14(12)16/h7-10H,3-6H2,1-2H3/b8-7+. The van der Waals surface area contributed by atoms with Crippen LogP contribution in [0.1, 0.15) is 43.7 Å². The Morgan fingerprint density at radius 1 is 1.19 bits per heavy atom. The van der Waals surface area contributed by atoms with Crippen LogP contribution in [0.4, 0.5) is 8.78 Å². The molecule has 16 heavy (non-hydrogen) atoms. The van der Waals surface area contributed by atoms with Gasteiger partial charge in [0.1, 0.15) is 0 Å². The highest BCUT2D eigenvalue weighted by atomic mass is 19.2. The van der Waals surface area contributed by atoms with Gasteiger partial charge in [-0.25, -0.2) is 8.78 Å². The first-order valence-corrected chi connectivity index (χ1v) is 5.78. The van der Waals surface area contributed by atoms with Crippen molar-refractivity contribution in [1.29, 1.82) is 0 Å². The molecule has 0 aliphatic rings. The second-order valence-electron chi connectivity index (χ2n) is 3.99. The number of aryl methyl sites for hydroxylation is 1. The van der Waals surface area contributed by atoms with Gasteiger partial charge in [0.2, 0.25) is 0 Å². The molecule has 1 rings (SSSR count). The van der Waals surface area contributed by atoms with Gasteiger partial charge in [0.05, 0.1) is 0 Å². The van der Waals surface area contributed by atoms with Crippen molar-refractivity contribution in [1.82, 2.24) is 0 Å². The molecule has 1 aromatic carbocycles. The highest BCUT2D eigenvalue weighted by Crippen LogP contribution is 2.18. The maximum atomic E-state index is 13.4. The second kappa shape index (κ2) is 6.41. The molecule has 0 aliphatic heterocycles. The van der Waals surface area contributed by atoms with Crippen LogP contribution in [-0.4, -0.2) is 0 Å². The minimum atomic E-state index is -0.779. The Balaban J connectivity index is 2.69. The average molecular weight is 224 g/mol. The van der Waals surface area contributed by atoms with Gasteiger partial charge in [0, 0.05) is 5.56 Å². The first kappa shape index (κ1) is 12.9. The summed E-state index contributed by atoms with van der Waals surface area (Å²) in [5, 5.41) is 0. The van der Waals surface area contributed by atoms with Gasteiger partial charge in [-0.1, -0.05) is 38.0 Å². The van der Waals surface area contributed by atoms with E-state index in [1.807, 2.05) is 6.08 Å². The van der Waals surface area contributed by atoms with Gasteiger partial charge >= 0.3 is 0 Å². The van der Waals surface area contributed by atoms with Crippen LogP contribution < -0.4 is 0 Å². The first-order chi connectivity index (χ1) is 7.66. The highest BCUT2D eigenvalue weighted by Gasteiger charge is 2.07. The third-order valence-electron chi connectivity index (χ3n) is 2.61. The zero-order chi connectivity index (χ0) is 12.0. The Kier molecular flexibility index (Phi) is 5.17. The topological polar surface area (TPSA) is 0 Å². The molecular formula is C14H18F2. The minimum Gasteiger partial charge on any atom is -0.204 e. The van der Waals surface area contributed by atoms with Crippen molar-refractivity contribution in [2.45, 2.75) is 39.5 Å². The fraction of sp³-hybridized carbons (Fsp3) is 0.429. The monoisotopic (exact) mass is 224 g/mol. The van der Waals surface area contributed by atoms with Gasteiger partial charge in [0.25, 0.3) is 0 Å². The smallest absolute Gasteiger partial charge is 0.166 e. The molecule has 0 heterocycles. The van der Waals surface area contributed by atoms with Crippen molar-refractivity contribution in [2.75, 3.05) is 0 Å². The molecule has 2 heteroatoms. The average Bonchev–Trinajstić information content (AvgIpc) is 2.28. The van der Waals surface area contributed by atoms with Gasteiger partial charge in [-0.05, 0) is 31.4 Å². The van der Waals surface area contributed by atoms with E-state index < -0.39 is 11.6 Å². The number of allylic oxidation sites excluding steroid dienone is 1. The summed E-state index contributed by atoms with van der Waals surface area (Å²) >= 11 is 0. The quantitative estimate of drug-likeness (QED) is 0.626. The summed E-state index contributed by atoms with van der Waals surface area (Å²) in [7, 11) is 0. The molecule has 0 saturated carbocycles. The number of hydrogen-bond donors (Lipinski definition) is 0. The highest BCUT2D eigenvalue weighted by molar-refractivity contribution is 5.54. The Morgan fingerprint density at radius 2 is 1.94 bits per heavy atom. The Hall–Kier alpha value is -1.18. The fourth-order valence-electron chi connectivity index (χ4n) is 1.58. The van der Waals surface area contributed by atoms with Crippen LogP contribution in [0.15, 0.2) is 18.2 Å². The lowest BCUT2D eigenvalue weighted by atomic mass is 10.1. The lowest BCUT2D eigenvalue weighted by Crippen LogP contribution is -1.91. The summed E-state index contributed by atoms with van der Waals surface area (Å²) in [5.74, 6) is -1.52. The molecule has 0 radical (unpaired) electrons. The normalized spacial score (nSPS) is 11.2. The zero-order valence-corrected chi connectivity index (χ0v) is 9.89. The van der Waals surface area contributed by atoms with Gasteiger partial charge in [0.15, 0.2) is 11.6 Å². The van der Waals surface area contributed by atoms with Crippen LogP contribution in [0.25, 0.3) is 6.08 Å². The summed E-state index contributed by atoms with van der Waals surface area (Å²) in [6, 6.07) is 2.77. The predicted molar refractivity (Wildman–Crippen MR) is 64.3 cm³/mol. The summed E-state index contributed by atoms with van der Waals surface area (Å²) in [6.45, 7) is 3.92. The van der Waals surface area contributed by atoms with Crippen LogP contribution in [0.3, 0.4) is 0 Å². The molecule has 88 valence electrons. The van der Waals surface area contributed by atoms with Gasteiger partial charge < -0.3 is 0 Å². The van der Waals surface area contributed by atoms with E-state index in [9.17, 15) is 8.78 Å². The van der Waals surface area contributed by atoms with Crippen molar-refractivity contribution in [3.05, 3.63) is 41.0 Å². The fourth-order valence-corrected chi connectivity index (χ4v) is 1.58. The van der Waals surface area contributed by atoms with Crippen molar-refractivity contribution < 1.29 is 8.78 Å². The van der Waals surface area contributed by atoms with Crippen LogP contribution in [-0.2, 0) is 0 Å². The first-order valence-electron chi connectivity index (χ1n) is 5.78. The number of halogens is 2. The van der Waals surface area contributed by atoms with Crippen molar-refractivity contribution in [3.8, 4) is 0 Å². The zero-order valence-electron chi connectivity index (χ0n) is 9.89. The molecule has 0 fully saturated rings. The van der Waals surface area contributed by atoms with Crippen molar-refractivity contribution in [2.24, 2.45) is 0 Å². The maximum absolute atomic E-state index is 13.4. The molecule has 0 unspecified atom stereocenters. The Labute approximate surface area is 96.0 Å². The second-order valence-corrected chi connectivity index (χ2v) is 3.99. The van der Waals surface area contributed by atoms with Gasteiger partial charge in [-0.2, -0.15) is 0 Å². The predicted octanol–water partition coefficient (Wildman–Crippen LogP) is 4.87. The van der Waals surface area contributed by atoms with Gasteiger partial charge in [-0.3, -0.25) is 0 Å². The molecule has 0 N–H and O–H groups in total. The van der Waals surface area contributed by atoms with E-state index in [1.54, 1.807) is 19.1 Å². The number of rotatable bonds is 5. The lowest BCUT2D eigenvalue weighted by molar-refractivity contribution is 0.506. The Bertz CT molecular complexity index is 367. The minimum absolute atomic E-state index is 0.372. The molecule has 0 bridgehead atoms. The number of benzene rings is 1. The van der Waals surface area contributed by atoms with Crippen LogP contribution >= 0.6 is 0 Å². The maximum Gasteiger partial charge on any atom is 0.166 e. The van der Waals surface area contributed by atoms with Crippen molar-refractivity contribution in [3.63, 3.8) is 0 Å². The van der Waals surface area contributed by atoms with Crippen LogP contribution in [0, 0.1) is 18.6 Å². The Morgan fingerprint density at radius 3 is 2.62 bits per heavy atom. The molecule has 0 aromatic heterocycles.